The Hall–Kier alpha value is -3.05. The van der Waals surface area contributed by atoms with Crippen molar-refractivity contribution in [2.75, 3.05) is 5.32 Å². The molecule has 0 aliphatic carbocycles. The van der Waals surface area contributed by atoms with Crippen LogP contribution in [0.5, 0.6) is 0 Å². The SMILES string of the molecule is CC(C)Sc1cccc(C(=O)Nc2ccc(-c3nc4ccccc4o3)cc2)c1. The van der Waals surface area contributed by atoms with E-state index in [2.05, 4.69) is 24.1 Å². The van der Waals surface area contributed by atoms with Crippen LogP contribution < -0.4 is 5.32 Å². The van der Waals surface area contributed by atoms with Crippen LogP contribution in [-0.2, 0) is 0 Å². The van der Waals surface area contributed by atoms with Crippen LogP contribution in [0.15, 0.2) is 82.1 Å². The molecular weight excluding hydrogens is 368 g/mol. The zero-order chi connectivity index (χ0) is 19.5. The molecule has 140 valence electrons. The fourth-order valence-electron chi connectivity index (χ4n) is 2.88. The molecule has 0 unspecified atom stereocenters. The van der Waals surface area contributed by atoms with E-state index in [1.807, 2.05) is 72.8 Å². The lowest BCUT2D eigenvalue weighted by Gasteiger charge is -2.08. The summed E-state index contributed by atoms with van der Waals surface area (Å²) in [5.41, 5.74) is 3.83. The van der Waals surface area contributed by atoms with Crippen LogP contribution in [0.3, 0.4) is 0 Å². The van der Waals surface area contributed by atoms with Crippen LogP contribution in [0.1, 0.15) is 24.2 Å². The highest BCUT2D eigenvalue weighted by Gasteiger charge is 2.10. The summed E-state index contributed by atoms with van der Waals surface area (Å²) in [5, 5.41) is 3.41. The van der Waals surface area contributed by atoms with Gasteiger partial charge in [-0.15, -0.1) is 11.8 Å². The topological polar surface area (TPSA) is 55.1 Å². The van der Waals surface area contributed by atoms with E-state index in [0.29, 0.717) is 16.7 Å². The van der Waals surface area contributed by atoms with Gasteiger partial charge >= 0.3 is 0 Å². The normalized spacial score (nSPS) is 11.1. The Labute approximate surface area is 168 Å². The van der Waals surface area contributed by atoms with Gasteiger partial charge in [0.25, 0.3) is 5.91 Å². The molecule has 1 amide bonds. The number of aromatic nitrogens is 1. The molecule has 1 N–H and O–H groups in total. The molecule has 3 aromatic carbocycles. The number of nitrogens with one attached hydrogen (secondary N) is 1. The van der Waals surface area contributed by atoms with Crippen molar-refractivity contribution in [1.29, 1.82) is 0 Å². The first-order valence-corrected chi connectivity index (χ1v) is 10.0. The quantitative estimate of drug-likeness (QED) is 0.411. The summed E-state index contributed by atoms with van der Waals surface area (Å²) >= 11 is 1.74. The number of hydrogen-bond acceptors (Lipinski definition) is 4. The summed E-state index contributed by atoms with van der Waals surface area (Å²) in [5.74, 6) is 0.443. The van der Waals surface area contributed by atoms with Gasteiger partial charge in [-0.05, 0) is 54.6 Å². The summed E-state index contributed by atoms with van der Waals surface area (Å²) in [7, 11) is 0. The molecule has 4 rings (SSSR count). The zero-order valence-electron chi connectivity index (χ0n) is 15.7. The number of hydrogen-bond donors (Lipinski definition) is 1. The second kappa shape index (κ2) is 7.90. The third kappa shape index (κ3) is 4.10. The Kier molecular flexibility index (Phi) is 5.17. The van der Waals surface area contributed by atoms with Gasteiger partial charge in [0.1, 0.15) is 5.52 Å². The number of amides is 1. The van der Waals surface area contributed by atoms with Crippen LogP contribution in [0.25, 0.3) is 22.6 Å². The smallest absolute Gasteiger partial charge is 0.255 e. The van der Waals surface area contributed by atoms with Gasteiger partial charge in [0.05, 0.1) is 0 Å². The van der Waals surface area contributed by atoms with Gasteiger partial charge in [0.2, 0.25) is 5.89 Å². The van der Waals surface area contributed by atoms with E-state index in [0.717, 1.165) is 27.2 Å². The van der Waals surface area contributed by atoms with Gasteiger partial charge in [0, 0.05) is 27.0 Å². The summed E-state index contributed by atoms with van der Waals surface area (Å²) in [4.78, 5) is 18.2. The molecule has 0 atom stereocenters. The number of fused-ring (bicyclic) bond motifs is 1. The second-order valence-electron chi connectivity index (χ2n) is 6.71. The van der Waals surface area contributed by atoms with Crippen LogP contribution in [0.4, 0.5) is 5.69 Å². The van der Waals surface area contributed by atoms with Crippen LogP contribution in [-0.4, -0.2) is 16.1 Å². The number of nitrogens with zero attached hydrogens (tertiary/aromatic N) is 1. The van der Waals surface area contributed by atoms with Crippen molar-refractivity contribution in [2.45, 2.75) is 24.0 Å². The maximum atomic E-state index is 12.6. The average molecular weight is 388 g/mol. The Bertz CT molecular complexity index is 1080. The van der Waals surface area contributed by atoms with Gasteiger partial charge in [-0.3, -0.25) is 4.79 Å². The fraction of sp³-hybridized carbons (Fsp3) is 0.130. The molecular formula is C23H20N2O2S. The molecule has 0 saturated carbocycles. The van der Waals surface area contributed by atoms with Crippen LogP contribution in [0, 0.1) is 0 Å². The Morgan fingerprint density at radius 2 is 1.79 bits per heavy atom. The number of thioether (sulfide) groups is 1. The predicted octanol–water partition coefficient (Wildman–Crippen LogP) is 6.25. The minimum atomic E-state index is -0.124. The summed E-state index contributed by atoms with van der Waals surface area (Å²) in [6, 6.07) is 22.9. The Morgan fingerprint density at radius 3 is 2.54 bits per heavy atom. The monoisotopic (exact) mass is 388 g/mol. The van der Waals surface area contributed by atoms with Gasteiger partial charge in [0.15, 0.2) is 5.58 Å². The lowest BCUT2D eigenvalue weighted by Crippen LogP contribution is -2.11. The standard InChI is InChI=1S/C23H20N2O2S/c1-15(2)28-19-7-5-6-17(14-19)22(26)24-18-12-10-16(11-13-18)23-25-20-8-3-4-9-21(20)27-23/h3-15H,1-2H3,(H,24,26). The average Bonchev–Trinajstić information content (AvgIpc) is 3.12. The van der Waals surface area contributed by atoms with Crippen molar-refractivity contribution >= 4 is 34.5 Å². The molecule has 0 aliphatic heterocycles. The van der Waals surface area contributed by atoms with E-state index in [-0.39, 0.29) is 5.91 Å². The van der Waals surface area contributed by atoms with E-state index < -0.39 is 0 Å². The fourth-order valence-corrected chi connectivity index (χ4v) is 3.77. The minimum Gasteiger partial charge on any atom is -0.436 e. The van der Waals surface area contributed by atoms with Gasteiger partial charge in [-0.2, -0.15) is 0 Å². The highest BCUT2D eigenvalue weighted by Crippen LogP contribution is 2.26. The molecule has 0 bridgehead atoms. The van der Waals surface area contributed by atoms with Crippen molar-refractivity contribution in [3.8, 4) is 11.5 Å². The summed E-state index contributed by atoms with van der Waals surface area (Å²) in [6.07, 6.45) is 0. The number of benzene rings is 3. The number of para-hydroxylation sites is 2. The number of carbonyl (C=O) groups excluding carboxylic acids is 1. The van der Waals surface area contributed by atoms with E-state index >= 15 is 0 Å². The van der Waals surface area contributed by atoms with E-state index in [1.165, 1.54) is 0 Å². The van der Waals surface area contributed by atoms with Crippen LogP contribution in [0.2, 0.25) is 0 Å². The Balaban J connectivity index is 1.49. The van der Waals surface area contributed by atoms with Crippen LogP contribution >= 0.6 is 11.8 Å². The van der Waals surface area contributed by atoms with Crippen molar-refractivity contribution in [3.63, 3.8) is 0 Å². The van der Waals surface area contributed by atoms with Crippen molar-refractivity contribution in [1.82, 2.24) is 4.98 Å². The largest absolute Gasteiger partial charge is 0.436 e. The molecule has 4 nitrogen and oxygen atoms in total. The van der Waals surface area contributed by atoms with E-state index in [1.54, 1.807) is 11.8 Å². The number of oxazole rings is 1. The molecule has 5 heteroatoms. The first-order valence-electron chi connectivity index (χ1n) is 9.12. The van der Waals surface area contributed by atoms with Crippen molar-refractivity contribution in [3.05, 3.63) is 78.4 Å². The summed E-state index contributed by atoms with van der Waals surface area (Å²) < 4.78 is 5.79. The first kappa shape index (κ1) is 18.3. The van der Waals surface area contributed by atoms with Gasteiger partial charge < -0.3 is 9.73 Å². The molecule has 0 saturated heterocycles. The van der Waals surface area contributed by atoms with Gasteiger partial charge in [-0.25, -0.2) is 4.98 Å². The number of anilines is 1. The molecule has 1 heterocycles. The number of rotatable bonds is 5. The molecule has 4 aromatic rings. The van der Waals surface area contributed by atoms with Crippen molar-refractivity contribution in [2.24, 2.45) is 0 Å². The summed E-state index contributed by atoms with van der Waals surface area (Å²) in [6.45, 7) is 4.27. The molecule has 1 aromatic heterocycles. The zero-order valence-corrected chi connectivity index (χ0v) is 16.5. The molecule has 0 radical (unpaired) electrons. The van der Waals surface area contributed by atoms with Crippen molar-refractivity contribution < 1.29 is 9.21 Å². The van der Waals surface area contributed by atoms with E-state index in [4.69, 9.17) is 4.42 Å². The number of carbonyl (C=O) groups is 1. The van der Waals surface area contributed by atoms with Gasteiger partial charge in [-0.1, -0.05) is 32.0 Å². The highest BCUT2D eigenvalue weighted by atomic mass is 32.2. The van der Waals surface area contributed by atoms with E-state index in [9.17, 15) is 4.79 Å². The highest BCUT2D eigenvalue weighted by molar-refractivity contribution is 7.99. The Morgan fingerprint density at radius 1 is 1.00 bits per heavy atom. The maximum absolute atomic E-state index is 12.6. The first-order chi connectivity index (χ1) is 13.6. The second-order valence-corrected chi connectivity index (χ2v) is 8.36. The third-order valence-corrected chi connectivity index (χ3v) is 5.15. The lowest BCUT2D eigenvalue weighted by molar-refractivity contribution is 0.102. The molecule has 28 heavy (non-hydrogen) atoms. The molecule has 0 aliphatic rings. The maximum Gasteiger partial charge on any atom is 0.255 e. The molecule has 0 spiro atoms. The third-order valence-electron chi connectivity index (χ3n) is 4.15. The predicted molar refractivity (Wildman–Crippen MR) is 115 cm³/mol. The molecule has 0 fully saturated rings. The minimum absolute atomic E-state index is 0.124. The lowest BCUT2D eigenvalue weighted by atomic mass is 10.2.